The molecule has 6 nitrogen and oxygen atoms in total. The Morgan fingerprint density at radius 1 is 1.32 bits per heavy atom. The van der Waals surface area contributed by atoms with Crippen LogP contribution in [0.3, 0.4) is 0 Å². The lowest BCUT2D eigenvalue weighted by molar-refractivity contribution is -0.135. The third-order valence-electron chi connectivity index (χ3n) is 4.22. The molecule has 0 radical (unpaired) electrons. The van der Waals surface area contributed by atoms with E-state index in [0.717, 1.165) is 23.3 Å². The number of amides is 4. The molecule has 4 amide bonds. The number of carbonyl (C=O) groups is 3. The lowest BCUT2D eigenvalue weighted by atomic mass is 9.87. The predicted octanol–water partition coefficient (Wildman–Crippen LogP) is 1.12. The molecule has 1 aromatic rings. The number of nitrogens with one attached hydrogen (secondary N) is 2. The largest absolute Gasteiger partial charge is 0.352 e. The van der Waals surface area contributed by atoms with Gasteiger partial charge in [0.15, 0.2) is 0 Å². The molecular weight excluding hydrogens is 282 g/mol. The van der Waals surface area contributed by atoms with Gasteiger partial charge in [0.05, 0.1) is 0 Å². The molecule has 3 rings (SSSR count). The van der Waals surface area contributed by atoms with Gasteiger partial charge in [-0.1, -0.05) is 37.3 Å². The Morgan fingerprint density at radius 2 is 2.00 bits per heavy atom. The van der Waals surface area contributed by atoms with Gasteiger partial charge in [-0.15, -0.1) is 0 Å². The van der Waals surface area contributed by atoms with E-state index in [1.165, 1.54) is 0 Å². The highest BCUT2D eigenvalue weighted by molar-refractivity contribution is 6.09. The fourth-order valence-corrected chi connectivity index (χ4v) is 2.78. The quantitative estimate of drug-likeness (QED) is 0.800. The molecule has 116 valence electrons. The lowest BCUT2D eigenvalue weighted by Crippen LogP contribution is -2.45. The normalized spacial score (nSPS) is 24.3. The average Bonchev–Trinajstić information content (AvgIpc) is 3.30. The monoisotopic (exact) mass is 301 g/mol. The number of nitrogens with zero attached hydrogens (tertiary/aromatic N) is 1. The summed E-state index contributed by atoms with van der Waals surface area (Å²) in [6.45, 7) is 1.62. The zero-order valence-electron chi connectivity index (χ0n) is 12.5. The van der Waals surface area contributed by atoms with Crippen molar-refractivity contribution in [3.05, 3.63) is 35.9 Å². The molecule has 1 saturated carbocycles. The summed E-state index contributed by atoms with van der Waals surface area (Å²) in [5, 5.41) is 5.56. The summed E-state index contributed by atoms with van der Waals surface area (Å²) in [5.41, 5.74) is -0.334. The Labute approximate surface area is 128 Å². The van der Waals surface area contributed by atoms with Gasteiger partial charge in [0.2, 0.25) is 5.91 Å². The van der Waals surface area contributed by atoms with Crippen molar-refractivity contribution in [1.82, 2.24) is 15.5 Å². The second-order valence-corrected chi connectivity index (χ2v) is 5.79. The standard InChI is InChI=1S/C16H19N3O3/c1-2-16(11-6-4-3-5-7-11)14(21)19(15(22)18-16)10-13(20)17-12-8-9-12/h3-7,12H,2,8-10H2,1H3,(H,17,20)(H,18,22). The molecule has 2 N–H and O–H groups in total. The van der Waals surface area contributed by atoms with E-state index in [0.29, 0.717) is 6.42 Å². The third-order valence-corrected chi connectivity index (χ3v) is 4.22. The van der Waals surface area contributed by atoms with E-state index in [2.05, 4.69) is 10.6 Å². The predicted molar refractivity (Wildman–Crippen MR) is 79.8 cm³/mol. The van der Waals surface area contributed by atoms with E-state index in [1.807, 2.05) is 37.3 Å². The Morgan fingerprint density at radius 3 is 2.59 bits per heavy atom. The minimum atomic E-state index is -1.07. The Bertz CT molecular complexity index is 612. The van der Waals surface area contributed by atoms with Crippen LogP contribution in [0.4, 0.5) is 4.79 Å². The number of hydrogen-bond donors (Lipinski definition) is 2. The molecule has 22 heavy (non-hydrogen) atoms. The minimum Gasteiger partial charge on any atom is -0.352 e. The van der Waals surface area contributed by atoms with Gasteiger partial charge in [0, 0.05) is 6.04 Å². The van der Waals surface area contributed by atoms with Crippen LogP contribution in [0, 0.1) is 0 Å². The summed E-state index contributed by atoms with van der Waals surface area (Å²) in [6, 6.07) is 8.84. The Balaban J connectivity index is 1.81. The van der Waals surface area contributed by atoms with Gasteiger partial charge < -0.3 is 10.6 Å². The first-order chi connectivity index (χ1) is 10.6. The zero-order valence-corrected chi connectivity index (χ0v) is 12.5. The van der Waals surface area contributed by atoms with Crippen molar-refractivity contribution in [2.75, 3.05) is 6.54 Å². The molecule has 2 fully saturated rings. The molecule has 2 aliphatic rings. The highest BCUT2D eigenvalue weighted by Crippen LogP contribution is 2.32. The van der Waals surface area contributed by atoms with Crippen LogP contribution < -0.4 is 10.6 Å². The summed E-state index contributed by atoms with van der Waals surface area (Å²) < 4.78 is 0. The van der Waals surface area contributed by atoms with Crippen LogP contribution in [0.5, 0.6) is 0 Å². The van der Waals surface area contributed by atoms with Gasteiger partial charge in [-0.2, -0.15) is 0 Å². The number of imide groups is 1. The molecule has 6 heteroatoms. The average molecular weight is 301 g/mol. The molecule has 1 saturated heterocycles. The third kappa shape index (κ3) is 2.45. The van der Waals surface area contributed by atoms with Crippen LogP contribution >= 0.6 is 0 Å². The number of urea groups is 1. The topological polar surface area (TPSA) is 78.5 Å². The van der Waals surface area contributed by atoms with Gasteiger partial charge in [-0.3, -0.25) is 14.5 Å². The van der Waals surface area contributed by atoms with Crippen LogP contribution in [0.1, 0.15) is 31.7 Å². The maximum atomic E-state index is 12.8. The molecule has 1 unspecified atom stereocenters. The highest BCUT2D eigenvalue weighted by Gasteiger charge is 2.51. The molecule has 1 aromatic carbocycles. The van der Waals surface area contributed by atoms with Gasteiger partial charge >= 0.3 is 6.03 Å². The van der Waals surface area contributed by atoms with E-state index < -0.39 is 11.6 Å². The van der Waals surface area contributed by atoms with Crippen molar-refractivity contribution in [2.24, 2.45) is 0 Å². The van der Waals surface area contributed by atoms with Crippen molar-refractivity contribution in [2.45, 2.75) is 37.8 Å². The number of carbonyl (C=O) groups excluding carboxylic acids is 3. The van der Waals surface area contributed by atoms with E-state index in [9.17, 15) is 14.4 Å². The van der Waals surface area contributed by atoms with Crippen molar-refractivity contribution < 1.29 is 14.4 Å². The van der Waals surface area contributed by atoms with Crippen LogP contribution in [-0.4, -0.2) is 35.3 Å². The smallest absolute Gasteiger partial charge is 0.325 e. The molecule has 1 aliphatic carbocycles. The summed E-state index contributed by atoms with van der Waals surface area (Å²) in [6.07, 6.45) is 2.37. The molecule has 0 aromatic heterocycles. The summed E-state index contributed by atoms with van der Waals surface area (Å²) >= 11 is 0. The van der Waals surface area contributed by atoms with Crippen molar-refractivity contribution in [1.29, 1.82) is 0 Å². The first-order valence-electron chi connectivity index (χ1n) is 7.56. The fraction of sp³-hybridized carbons (Fsp3) is 0.438. The van der Waals surface area contributed by atoms with E-state index in [-0.39, 0.29) is 24.4 Å². The van der Waals surface area contributed by atoms with Crippen LogP contribution in [0.2, 0.25) is 0 Å². The second-order valence-electron chi connectivity index (χ2n) is 5.79. The first kappa shape index (κ1) is 14.6. The number of rotatable bonds is 5. The number of hydrogen-bond acceptors (Lipinski definition) is 3. The fourth-order valence-electron chi connectivity index (χ4n) is 2.78. The van der Waals surface area contributed by atoms with Crippen LogP contribution in [0.15, 0.2) is 30.3 Å². The maximum Gasteiger partial charge on any atom is 0.325 e. The molecule has 1 heterocycles. The second kappa shape index (κ2) is 5.44. The molecule has 0 bridgehead atoms. The van der Waals surface area contributed by atoms with E-state index >= 15 is 0 Å². The molecule has 0 spiro atoms. The Kier molecular flexibility index (Phi) is 3.60. The van der Waals surface area contributed by atoms with Crippen LogP contribution in [0.25, 0.3) is 0 Å². The summed E-state index contributed by atoms with van der Waals surface area (Å²) in [4.78, 5) is 37.9. The summed E-state index contributed by atoms with van der Waals surface area (Å²) in [7, 11) is 0. The van der Waals surface area contributed by atoms with Gasteiger partial charge in [0.25, 0.3) is 5.91 Å². The van der Waals surface area contributed by atoms with E-state index in [4.69, 9.17) is 0 Å². The zero-order chi connectivity index (χ0) is 15.7. The van der Waals surface area contributed by atoms with Crippen LogP contribution in [-0.2, 0) is 15.1 Å². The van der Waals surface area contributed by atoms with Gasteiger partial charge in [-0.25, -0.2) is 4.79 Å². The molecule has 1 aliphatic heterocycles. The SMILES string of the molecule is CCC1(c2ccccc2)NC(=O)N(CC(=O)NC2CC2)C1=O. The Hall–Kier alpha value is -2.37. The van der Waals surface area contributed by atoms with Crippen molar-refractivity contribution in [3.8, 4) is 0 Å². The first-order valence-corrected chi connectivity index (χ1v) is 7.56. The molecule has 1 atom stereocenters. The minimum absolute atomic E-state index is 0.207. The van der Waals surface area contributed by atoms with Gasteiger partial charge in [0.1, 0.15) is 12.1 Å². The molecular formula is C16H19N3O3. The highest BCUT2D eigenvalue weighted by atomic mass is 16.2. The summed E-state index contributed by atoms with van der Waals surface area (Å²) in [5.74, 6) is -0.650. The lowest BCUT2D eigenvalue weighted by Gasteiger charge is -2.25. The maximum absolute atomic E-state index is 12.8. The van der Waals surface area contributed by atoms with Crippen molar-refractivity contribution >= 4 is 17.8 Å². The van der Waals surface area contributed by atoms with E-state index in [1.54, 1.807) is 0 Å². The number of benzene rings is 1. The van der Waals surface area contributed by atoms with Crippen molar-refractivity contribution in [3.63, 3.8) is 0 Å². The van der Waals surface area contributed by atoms with Gasteiger partial charge in [-0.05, 0) is 24.8 Å².